The molecule has 2 saturated heterocycles. The van der Waals surface area contributed by atoms with Crippen molar-refractivity contribution in [2.75, 3.05) is 24.5 Å². The van der Waals surface area contributed by atoms with Gasteiger partial charge in [0.2, 0.25) is 5.95 Å². The number of likely N-dealkylation sites (tertiary alicyclic amines) is 1. The Bertz CT molecular complexity index is 1120. The maximum Gasteiger partial charge on any atom is 0.257 e. The molecule has 1 amide bonds. The Morgan fingerprint density at radius 3 is 2.61 bits per heavy atom. The van der Waals surface area contributed by atoms with Gasteiger partial charge in [-0.05, 0) is 44.5 Å². The number of amides is 1. The summed E-state index contributed by atoms with van der Waals surface area (Å²) < 4.78 is 14.9. The monoisotopic (exact) mass is 417 g/mol. The van der Waals surface area contributed by atoms with E-state index in [2.05, 4.69) is 19.9 Å². The van der Waals surface area contributed by atoms with Gasteiger partial charge >= 0.3 is 0 Å². The molecule has 1 aromatic carbocycles. The molecule has 2 aliphatic rings. The fraction of sp³-hybridized carbons (Fsp3) is 0.333. The number of aromatic nitrogens is 3. The van der Waals surface area contributed by atoms with Crippen molar-refractivity contribution < 1.29 is 9.18 Å². The van der Waals surface area contributed by atoms with Crippen molar-refractivity contribution in [3.63, 3.8) is 0 Å². The van der Waals surface area contributed by atoms with Crippen LogP contribution in [0, 0.1) is 25.6 Å². The standard InChI is InChI=1S/C24H24FN5O/c1-15-12-16(2)28-24(27-15)30-13-17-9-11-29(14-21(17)30)23(31)22-18(6-5-7-19(22)25)20-8-3-4-10-26-20/h3-8,10,12,17,21H,9,11,13-14H2,1-2H3/t17-,21-/m0/s1. The number of hydrogen-bond donors (Lipinski definition) is 0. The molecule has 7 heteroatoms. The molecule has 0 aliphatic carbocycles. The predicted octanol–water partition coefficient (Wildman–Crippen LogP) is 3.65. The fourth-order valence-corrected chi connectivity index (χ4v) is 4.68. The number of fused-ring (bicyclic) bond motifs is 1. The Hall–Kier alpha value is -3.35. The molecule has 0 bridgehead atoms. The summed E-state index contributed by atoms with van der Waals surface area (Å²) in [4.78, 5) is 30.9. The van der Waals surface area contributed by atoms with Gasteiger partial charge in [-0.2, -0.15) is 0 Å². The number of halogens is 1. The van der Waals surface area contributed by atoms with Crippen molar-refractivity contribution >= 4 is 11.9 Å². The lowest BCUT2D eigenvalue weighted by molar-refractivity contribution is 0.0585. The third-order valence-electron chi connectivity index (χ3n) is 6.24. The first-order valence-electron chi connectivity index (χ1n) is 10.6. The predicted molar refractivity (Wildman–Crippen MR) is 116 cm³/mol. The van der Waals surface area contributed by atoms with Crippen molar-refractivity contribution in [1.29, 1.82) is 0 Å². The van der Waals surface area contributed by atoms with Gasteiger partial charge in [0.25, 0.3) is 5.91 Å². The number of piperidine rings is 1. The highest BCUT2D eigenvalue weighted by atomic mass is 19.1. The number of benzene rings is 1. The van der Waals surface area contributed by atoms with Crippen molar-refractivity contribution in [3.8, 4) is 11.3 Å². The fourth-order valence-electron chi connectivity index (χ4n) is 4.68. The van der Waals surface area contributed by atoms with E-state index in [9.17, 15) is 9.18 Å². The molecule has 3 aromatic rings. The van der Waals surface area contributed by atoms with Crippen LogP contribution >= 0.6 is 0 Å². The van der Waals surface area contributed by atoms with Gasteiger partial charge in [-0.3, -0.25) is 9.78 Å². The van der Waals surface area contributed by atoms with Crippen LogP contribution in [0.3, 0.4) is 0 Å². The Morgan fingerprint density at radius 1 is 1.06 bits per heavy atom. The summed E-state index contributed by atoms with van der Waals surface area (Å²) in [5.41, 5.74) is 3.07. The van der Waals surface area contributed by atoms with E-state index in [0.29, 0.717) is 36.2 Å². The Labute approximate surface area is 180 Å². The molecule has 0 spiro atoms. The van der Waals surface area contributed by atoms with Crippen LogP contribution in [-0.4, -0.2) is 51.4 Å². The zero-order valence-corrected chi connectivity index (χ0v) is 17.6. The van der Waals surface area contributed by atoms with Gasteiger partial charge in [-0.15, -0.1) is 0 Å². The molecule has 0 unspecified atom stereocenters. The maximum absolute atomic E-state index is 14.9. The average molecular weight is 417 g/mol. The molecule has 2 aliphatic heterocycles. The minimum Gasteiger partial charge on any atom is -0.336 e. The second kappa shape index (κ2) is 7.72. The lowest BCUT2D eigenvalue weighted by Crippen LogP contribution is -2.65. The number of hydrogen-bond acceptors (Lipinski definition) is 5. The van der Waals surface area contributed by atoms with Crippen molar-refractivity contribution in [1.82, 2.24) is 19.9 Å². The highest BCUT2D eigenvalue weighted by Crippen LogP contribution is 2.36. The quantitative estimate of drug-likeness (QED) is 0.651. The third kappa shape index (κ3) is 3.54. The second-order valence-corrected chi connectivity index (χ2v) is 8.35. The van der Waals surface area contributed by atoms with E-state index in [4.69, 9.17) is 0 Å². The summed E-state index contributed by atoms with van der Waals surface area (Å²) in [6.45, 7) is 5.98. The topological polar surface area (TPSA) is 62.2 Å². The van der Waals surface area contributed by atoms with Crippen LogP contribution in [0.2, 0.25) is 0 Å². The smallest absolute Gasteiger partial charge is 0.257 e. The zero-order chi connectivity index (χ0) is 21.5. The van der Waals surface area contributed by atoms with Crippen molar-refractivity contribution in [2.24, 2.45) is 5.92 Å². The van der Waals surface area contributed by atoms with Gasteiger partial charge in [-0.25, -0.2) is 14.4 Å². The Kier molecular flexibility index (Phi) is 4.88. The number of carbonyl (C=O) groups is 1. The SMILES string of the molecule is Cc1cc(C)nc(N2C[C@@H]3CCN(C(=O)c4c(F)cccc4-c4ccccn4)C[C@@H]32)n1. The summed E-state index contributed by atoms with van der Waals surface area (Å²) in [5, 5.41) is 0. The zero-order valence-electron chi connectivity index (χ0n) is 17.6. The third-order valence-corrected chi connectivity index (χ3v) is 6.24. The number of pyridine rings is 1. The first kappa shape index (κ1) is 19.6. The lowest BCUT2D eigenvalue weighted by Gasteiger charge is -2.53. The summed E-state index contributed by atoms with van der Waals surface area (Å²) in [7, 11) is 0. The van der Waals surface area contributed by atoms with E-state index in [1.807, 2.05) is 26.0 Å². The van der Waals surface area contributed by atoms with Gasteiger partial charge in [-0.1, -0.05) is 18.2 Å². The minimum atomic E-state index is -0.515. The normalized spacial score (nSPS) is 20.2. The first-order chi connectivity index (χ1) is 15.0. The van der Waals surface area contributed by atoms with E-state index >= 15 is 0 Å². The molecule has 2 fully saturated rings. The molecule has 2 atom stereocenters. The van der Waals surface area contributed by atoms with Gasteiger partial charge < -0.3 is 9.80 Å². The number of aryl methyl sites for hydroxylation is 2. The molecule has 0 radical (unpaired) electrons. The molecule has 31 heavy (non-hydrogen) atoms. The molecule has 5 rings (SSSR count). The van der Waals surface area contributed by atoms with Crippen LogP contribution in [0.25, 0.3) is 11.3 Å². The molecule has 158 valence electrons. The highest BCUT2D eigenvalue weighted by molar-refractivity contribution is 6.00. The van der Waals surface area contributed by atoms with Crippen molar-refractivity contribution in [3.05, 3.63) is 71.4 Å². The molecular formula is C24H24FN5O. The van der Waals surface area contributed by atoms with Gasteiger partial charge in [0, 0.05) is 48.7 Å². The van der Waals surface area contributed by atoms with Crippen LogP contribution in [0.5, 0.6) is 0 Å². The van der Waals surface area contributed by atoms with E-state index in [0.717, 1.165) is 24.4 Å². The summed E-state index contributed by atoms with van der Waals surface area (Å²) >= 11 is 0. The molecular weight excluding hydrogens is 393 g/mol. The molecule has 6 nitrogen and oxygen atoms in total. The van der Waals surface area contributed by atoms with Gasteiger partial charge in [0.05, 0.1) is 17.3 Å². The number of rotatable bonds is 3. The van der Waals surface area contributed by atoms with E-state index in [1.54, 1.807) is 35.4 Å². The highest BCUT2D eigenvalue weighted by Gasteiger charge is 2.45. The van der Waals surface area contributed by atoms with Crippen LogP contribution < -0.4 is 4.90 Å². The molecule has 0 saturated carbocycles. The number of anilines is 1. The van der Waals surface area contributed by atoms with Gasteiger partial charge in [0.1, 0.15) is 5.82 Å². The van der Waals surface area contributed by atoms with E-state index < -0.39 is 5.82 Å². The van der Waals surface area contributed by atoms with Gasteiger partial charge in [0.15, 0.2) is 0 Å². The first-order valence-corrected chi connectivity index (χ1v) is 10.6. The van der Waals surface area contributed by atoms with Crippen LogP contribution in [0.1, 0.15) is 28.2 Å². The minimum absolute atomic E-state index is 0.0909. The lowest BCUT2D eigenvalue weighted by atomic mass is 9.82. The summed E-state index contributed by atoms with van der Waals surface area (Å²) in [6.07, 6.45) is 2.54. The molecule has 4 heterocycles. The van der Waals surface area contributed by atoms with Crippen LogP contribution in [0.15, 0.2) is 48.7 Å². The van der Waals surface area contributed by atoms with E-state index in [-0.39, 0.29) is 17.5 Å². The largest absolute Gasteiger partial charge is 0.336 e. The van der Waals surface area contributed by atoms with Crippen molar-refractivity contribution in [2.45, 2.75) is 26.3 Å². The maximum atomic E-state index is 14.9. The molecule has 2 aromatic heterocycles. The Balaban J connectivity index is 1.42. The van der Waals surface area contributed by atoms with Crippen LogP contribution in [-0.2, 0) is 0 Å². The second-order valence-electron chi connectivity index (χ2n) is 8.35. The average Bonchev–Trinajstić information content (AvgIpc) is 2.74. The van der Waals surface area contributed by atoms with Crippen LogP contribution in [0.4, 0.5) is 10.3 Å². The number of nitrogens with zero attached hydrogens (tertiary/aromatic N) is 5. The Morgan fingerprint density at radius 2 is 1.87 bits per heavy atom. The van der Waals surface area contributed by atoms with E-state index in [1.165, 1.54) is 6.07 Å². The summed E-state index contributed by atoms with van der Waals surface area (Å²) in [6, 6.07) is 12.3. The molecule has 0 N–H and O–H groups in total. The number of carbonyl (C=O) groups excluding carboxylic acids is 1. The summed E-state index contributed by atoms with van der Waals surface area (Å²) in [5.74, 6) is 0.418.